The first kappa shape index (κ1) is 62.2. The van der Waals surface area contributed by atoms with Crippen molar-refractivity contribution < 1.29 is 148 Å². The van der Waals surface area contributed by atoms with E-state index in [2.05, 4.69) is 0 Å². The monoisotopic (exact) mass is 355 g/mol. The van der Waals surface area contributed by atoms with Crippen molar-refractivity contribution in [2.24, 2.45) is 0 Å². The van der Waals surface area contributed by atoms with Gasteiger partial charge >= 0.3 is 148 Å². The number of rotatable bonds is 0. The normalized spacial score (nSPS) is 0. The van der Waals surface area contributed by atoms with Crippen molar-refractivity contribution in [3.8, 4) is 0 Å². The van der Waals surface area contributed by atoms with Crippen LogP contribution in [0.3, 0.4) is 0 Å². The number of hydrogen-bond donors (Lipinski definition) is 0. The summed E-state index contributed by atoms with van der Waals surface area (Å²) in [6.45, 7) is 0. The molecule has 0 amide bonds. The van der Waals surface area contributed by atoms with Crippen LogP contribution in [-0.4, -0.2) is 51.2 Å². The second kappa shape index (κ2) is 49.7. The van der Waals surface area contributed by atoms with Gasteiger partial charge in [-0.3, -0.25) is 0 Å². The summed E-state index contributed by atoms with van der Waals surface area (Å²) in [5, 5.41) is 0. The first-order valence-corrected chi connectivity index (χ1v) is 0. The maximum absolute atomic E-state index is 0. The third kappa shape index (κ3) is 39.0. The van der Waals surface area contributed by atoms with Crippen molar-refractivity contribution in [1.29, 1.82) is 0 Å². The fraction of sp³-hybridized carbons (Fsp3) is 0. The average Bonchev–Trinajstić information content (AvgIpc) is 0. The molecule has 0 atom stereocenters. The van der Waals surface area contributed by atoms with Crippen molar-refractivity contribution in [2.75, 3.05) is 0 Å². The minimum Gasteiger partial charge on any atom is -2.00 e. The van der Waals surface area contributed by atoms with Crippen LogP contribution in [0.2, 0.25) is 0 Å². The molecule has 0 nitrogen and oxygen atoms in total. The van der Waals surface area contributed by atoms with E-state index in [9.17, 15) is 0 Å². The van der Waals surface area contributed by atoms with Crippen molar-refractivity contribution in [1.82, 2.24) is 0 Å². The summed E-state index contributed by atoms with van der Waals surface area (Å²) in [7, 11) is 0. The van der Waals surface area contributed by atoms with Crippen LogP contribution in [0.5, 0.6) is 0 Å². The minimum atomic E-state index is 0. The van der Waals surface area contributed by atoms with Gasteiger partial charge in [0.2, 0.25) is 0 Å². The third-order valence-electron chi connectivity index (χ3n) is 0. The maximum atomic E-state index is 0. The van der Waals surface area contributed by atoms with Gasteiger partial charge in [-0.05, 0) is 0 Å². The Hall–Kier alpha value is 6.56. The Morgan fingerprint density at radius 1 is 0.250 bits per heavy atom. The fourth-order valence-electron chi connectivity index (χ4n) is 0. The molecular formula is Na5Se3-. The zero-order chi connectivity index (χ0) is 0. The predicted octanol–water partition coefficient (Wildman–Crippen LogP) is -16.1. The molecule has 0 saturated carbocycles. The zero-order valence-electron chi connectivity index (χ0n) is 6.22. The van der Waals surface area contributed by atoms with Gasteiger partial charge in [0.1, 0.15) is 0 Å². The van der Waals surface area contributed by atoms with E-state index in [4.69, 9.17) is 0 Å². The molecule has 0 spiro atoms. The van der Waals surface area contributed by atoms with E-state index in [1.807, 2.05) is 0 Å². The van der Waals surface area contributed by atoms with Crippen molar-refractivity contribution in [3.63, 3.8) is 0 Å². The number of hydrogen-bond acceptors (Lipinski definition) is 0. The topological polar surface area (TPSA) is 0 Å². The Morgan fingerprint density at radius 2 is 0.250 bits per heavy atom. The Kier molecular flexibility index (Phi) is 387. The molecule has 0 fully saturated rings. The van der Waals surface area contributed by atoms with Gasteiger partial charge in [-0.2, -0.15) is 0 Å². The summed E-state index contributed by atoms with van der Waals surface area (Å²) in [6.07, 6.45) is 0. The summed E-state index contributed by atoms with van der Waals surface area (Å²) in [4.78, 5) is 0. The Labute approximate surface area is 193 Å². The Morgan fingerprint density at radius 3 is 0.250 bits per heavy atom. The minimum absolute atomic E-state index is 0. The molecule has 0 aliphatic carbocycles. The molecule has 0 unspecified atom stereocenters. The van der Waals surface area contributed by atoms with Gasteiger partial charge in [0.25, 0.3) is 0 Å². The molecule has 8 heteroatoms. The van der Waals surface area contributed by atoms with E-state index in [0.717, 1.165) is 0 Å². The van der Waals surface area contributed by atoms with Crippen LogP contribution in [0.4, 0.5) is 0 Å². The zero-order valence-corrected chi connectivity index (χ0v) is 21.4. The van der Waals surface area contributed by atoms with Crippen molar-refractivity contribution in [3.05, 3.63) is 0 Å². The van der Waals surface area contributed by atoms with Gasteiger partial charge in [-0.25, -0.2) is 0 Å². The standard InChI is InChI=1S/5Na.3Se/q5*+1;3*-2. The quantitative estimate of drug-likeness (QED) is 0.380. The molecule has 0 rings (SSSR count). The van der Waals surface area contributed by atoms with Crippen LogP contribution in [0.1, 0.15) is 0 Å². The van der Waals surface area contributed by atoms with Gasteiger partial charge < -0.3 is 51.2 Å². The van der Waals surface area contributed by atoms with Crippen LogP contribution in [0.15, 0.2) is 0 Å². The molecule has 0 aliphatic heterocycles. The van der Waals surface area contributed by atoms with Crippen LogP contribution in [-0.2, 0) is 0 Å². The summed E-state index contributed by atoms with van der Waals surface area (Å²) >= 11 is 0. The van der Waals surface area contributed by atoms with Gasteiger partial charge in [-0.1, -0.05) is 0 Å². The van der Waals surface area contributed by atoms with Crippen molar-refractivity contribution in [2.45, 2.75) is 0 Å². The second-order valence-corrected chi connectivity index (χ2v) is 0. The van der Waals surface area contributed by atoms with E-state index in [1.54, 1.807) is 0 Å². The summed E-state index contributed by atoms with van der Waals surface area (Å²) in [5.41, 5.74) is 0. The van der Waals surface area contributed by atoms with Gasteiger partial charge in [-0.15, -0.1) is 0 Å². The summed E-state index contributed by atoms with van der Waals surface area (Å²) in [6, 6.07) is 0. The van der Waals surface area contributed by atoms with E-state index < -0.39 is 0 Å². The summed E-state index contributed by atoms with van der Waals surface area (Å²) < 4.78 is 0. The fourth-order valence-corrected chi connectivity index (χ4v) is 0. The molecule has 0 aliphatic rings. The first-order valence-electron chi connectivity index (χ1n) is 0. The molecule has 8 heavy (non-hydrogen) atoms. The predicted molar refractivity (Wildman–Crippen MR) is 17.3 cm³/mol. The Balaban J connectivity index is 0. The largest absolute Gasteiger partial charge is 2.00 e. The first-order chi connectivity index (χ1) is 0. The Bertz CT molecular complexity index is 7.64. The van der Waals surface area contributed by atoms with E-state index in [-0.39, 0.29) is 199 Å². The second-order valence-electron chi connectivity index (χ2n) is 0. The van der Waals surface area contributed by atoms with E-state index >= 15 is 0 Å². The average molecular weight is 352 g/mol. The van der Waals surface area contributed by atoms with E-state index in [1.165, 1.54) is 0 Å². The molecule has 0 aromatic carbocycles. The van der Waals surface area contributed by atoms with E-state index in [0.29, 0.717) is 0 Å². The van der Waals surface area contributed by atoms with Gasteiger partial charge in [0.15, 0.2) is 0 Å². The molecule has 0 N–H and O–H groups in total. The SMILES string of the molecule is [Na+].[Na+].[Na+].[Na+].[Na+].[Se-2].[Se-2].[Se-2]. The third-order valence-corrected chi connectivity index (χ3v) is 0. The van der Waals surface area contributed by atoms with Gasteiger partial charge in [0.05, 0.1) is 0 Å². The molecule has 0 bridgehead atoms. The van der Waals surface area contributed by atoms with Crippen LogP contribution >= 0.6 is 0 Å². The van der Waals surface area contributed by atoms with Crippen molar-refractivity contribution >= 4 is 51.2 Å². The molecule has 0 heterocycles. The van der Waals surface area contributed by atoms with Gasteiger partial charge in [0, 0.05) is 0 Å². The summed E-state index contributed by atoms with van der Waals surface area (Å²) in [5.74, 6) is 0. The maximum Gasteiger partial charge on any atom is 1.00 e. The molecule has 0 aromatic heterocycles. The van der Waals surface area contributed by atoms with Crippen LogP contribution < -0.4 is 148 Å². The van der Waals surface area contributed by atoms with Crippen LogP contribution in [0, 0.1) is 0 Å². The molecule has 24 valence electrons. The molecule has 0 radical (unpaired) electrons. The molecule has 0 aromatic rings. The smallest absolute Gasteiger partial charge is 1.00 e. The molecule has 0 saturated heterocycles. The van der Waals surface area contributed by atoms with Crippen LogP contribution in [0.25, 0.3) is 0 Å². The molecular weight excluding hydrogens is 352 g/mol.